The minimum atomic E-state index is -2.92. The van der Waals surface area contributed by atoms with Crippen LogP contribution in [0.2, 0.25) is 5.02 Å². The first kappa shape index (κ1) is 21.7. The molecule has 3 rings (SSSR count). The minimum absolute atomic E-state index is 0.00859. The Kier molecular flexibility index (Phi) is 6.97. The number of benzene rings is 2. The molecule has 0 bridgehead atoms. The number of pyridine rings is 1. The van der Waals surface area contributed by atoms with E-state index in [4.69, 9.17) is 23.8 Å². The number of rotatable bonds is 6. The number of halogens is 3. The summed E-state index contributed by atoms with van der Waals surface area (Å²) in [6.07, 6.45) is 3.47. The molecule has 3 aromatic rings. The summed E-state index contributed by atoms with van der Waals surface area (Å²) in [7, 11) is 0. The third-order valence-corrected chi connectivity index (χ3v) is 4.99. The van der Waals surface area contributed by atoms with E-state index in [0.717, 1.165) is 5.56 Å². The lowest BCUT2D eigenvalue weighted by Crippen LogP contribution is -2.38. The standard InChI is InChI=1S/C22H17ClF2N2O2S/c1-14-17(23)6-5-7-18(14)26-21(30)19(27-12-3-2-4-13-27)20(28)15-8-10-16(11-9-15)29-22(24)25/h2-13,22H,1H3,(H-,26,28,30)/p+1. The Labute approximate surface area is 183 Å². The van der Waals surface area contributed by atoms with Crippen LogP contribution >= 0.6 is 23.8 Å². The van der Waals surface area contributed by atoms with Crippen molar-refractivity contribution < 1.29 is 23.2 Å². The van der Waals surface area contributed by atoms with Crippen molar-refractivity contribution in [1.82, 2.24) is 0 Å². The van der Waals surface area contributed by atoms with Gasteiger partial charge in [-0.2, -0.15) is 13.3 Å². The predicted octanol–water partition coefficient (Wildman–Crippen LogP) is 5.86. The fraction of sp³-hybridized carbons (Fsp3) is 0.0909. The number of ether oxygens (including phenoxy) is 1. The van der Waals surface area contributed by atoms with Gasteiger partial charge < -0.3 is 15.2 Å². The molecule has 0 fully saturated rings. The van der Waals surface area contributed by atoms with E-state index in [2.05, 4.69) is 10.1 Å². The van der Waals surface area contributed by atoms with Crippen LogP contribution in [-0.2, 0) is 0 Å². The maximum absolute atomic E-state index is 12.4. The van der Waals surface area contributed by atoms with Gasteiger partial charge in [0.25, 0.3) is 5.70 Å². The fourth-order valence-electron chi connectivity index (χ4n) is 2.75. The van der Waals surface area contributed by atoms with Gasteiger partial charge in [-0.15, -0.1) is 0 Å². The maximum Gasteiger partial charge on any atom is 0.387 e. The summed E-state index contributed by atoms with van der Waals surface area (Å²) in [4.78, 5) is 0.252. The van der Waals surface area contributed by atoms with E-state index >= 15 is 0 Å². The first-order chi connectivity index (χ1) is 14.4. The molecule has 1 heterocycles. The Balaban J connectivity index is 2.02. The summed E-state index contributed by atoms with van der Waals surface area (Å²) in [6, 6.07) is 16.5. The molecule has 0 aliphatic rings. The van der Waals surface area contributed by atoms with Crippen LogP contribution < -0.4 is 14.6 Å². The van der Waals surface area contributed by atoms with Crippen LogP contribution in [0.25, 0.3) is 11.5 Å². The molecule has 154 valence electrons. The van der Waals surface area contributed by atoms with Crippen LogP contribution in [0.3, 0.4) is 0 Å². The van der Waals surface area contributed by atoms with Gasteiger partial charge in [0.1, 0.15) is 5.75 Å². The van der Waals surface area contributed by atoms with E-state index in [1.54, 1.807) is 41.2 Å². The van der Waals surface area contributed by atoms with Crippen LogP contribution in [0.15, 0.2) is 73.1 Å². The average Bonchev–Trinajstić information content (AvgIpc) is 2.72. The minimum Gasteiger partial charge on any atom is -0.502 e. The molecular formula is C22H18ClF2N2O2S+. The number of alkyl halides is 2. The second-order valence-electron chi connectivity index (χ2n) is 6.25. The number of aromatic nitrogens is 1. The van der Waals surface area contributed by atoms with Crippen molar-refractivity contribution >= 4 is 46.0 Å². The van der Waals surface area contributed by atoms with Gasteiger partial charge in [-0.3, -0.25) is 0 Å². The van der Waals surface area contributed by atoms with Gasteiger partial charge >= 0.3 is 6.61 Å². The summed E-state index contributed by atoms with van der Waals surface area (Å²) in [6.45, 7) is -1.07. The van der Waals surface area contributed by atoms with Gasteiger partial charge in [-0.1, -0.05) is 36.0 Å². The summed E-state index contributed by atoms with van der Waals surface area (Å²) in [5.74, 6) is -0.141. The number of aliphatic hydroxyl groups excluding tert-OH is 1. The zero-order valence-electron chi connectivity index (χ0n) is 15.9. The Morgan fingerprint density at radius 2 is 1.73 bits per heavy atom. The Morgan fingerprint density at radius 1 is 1.07 bits per heavy atom. The van der Waals surface area contributed by atoms with Crippen LogP contribution in [0.5, 0.6) is 5.75 Å². The molecule has 0 spiro atoms. The molecule has 30 heavy (non-hydrogen) atoms. The predicted molar refractivity (Wildman–Crippen MR) is 118 cm³/mol. The van der Waals surface area contributed by atoms with Crippen molar-refractivity contribution in [2.75, 3.05) is 5.32 Å². The molecule has 0 saturated heterocycles. The largest absolute Gasteiger partial charge is 0.502 e. The van der Waals surface area contributed by atoms with Gasteiger partial charge in [0.05, 0.1) is 0 Å². The van der Waals surface area contributed by atoms with Crippen molar-refractivity contribution in [1.29, 1.82) is 0 Å². The topological polar surface area (TPSA) is 45.4 Å². The number of aliphatic hydroxyl groups is 1. The first-order valence-corrected chi connectivity index (χ1v) is 9.67. The zero-order valence-corrected chi connectivity index (χ0v) is 17.4. The number of hydrogen-bond donors (Lipinski definition) is 2. The number of thiocarbonyl (C=S) groups is 1. The molecule has 2 aromatic carbocycles. The molecule has 0 radical (unpaired) electrons. The lowest BCUT2D eigenvalue weighted by molar-refractivity contribution is -0.575. The van der Waals surface area contributed by atoms with Crippen LogP contribution in [0.4, 0.5) is 14.5 Å². The van der Waals surface area contributed by atoms with E-state index in [9.17, 15) is 13.9 Å². The quantitative estimate of drug-likeness (QED) is 0.215. The first-order valence-electron chi connectivity index (χ1n) is 8.88. The van der Waals surface area contributed by atoms with Crippen LogP contribution in [0, 0.1) is 6.92 Å². The third-order valence-electron chi connectivity index (χ3n) is 4.28. The van der Waals surface area contributed by atoms with Crippen LogP contribution in [0.1, 0.15) is 11.1 Å². The van der Waals surface area contributed by atoms with Gasteiger partial charge in [0, 0.05) is 28.4 Å². The van der Waals surface area contributed by atoms with Crippen molar-refractivity contribution in [2.24, 2.45) is 0 Å². The maximum atomic E-state index is 12.4. The van der Waals surface area contributed by atoms with E-state index in [1.165, 1.54) is 24.3 Å². The van der Waals surface area contributed by atoms with Crippen LogP contribution in [-0.4, -0.2) is 16.7 Å². The summed E-state index contributed by atoms with van der Waals surface area (Å²) in [5.41, 5.74) is 2.21. The van der Waals surface area contributed by atoms with Crippen molar-refractivity contribution in [3.05, 3.63) is 89.2 Å². The highest BCUT2D eigenvalue weighted by Gasteiger charge is 2.24. The molecule has 0 saturated carbocycles. The van der Waals surface area contributed by atoms with Gasteiger partial charge in [-0.25, -0.2) is 0 Å². The lowest BCUT2D eigenvalue weighted by Gasteiger charge is -2.13. The number of nitrogens with one attached hydrogen (secondary N) is 1. The highest BCUT2D eigenvalue weighted by Crippen LogP contribution is 2.26. The van der Waals surface area contributed by atoms with Gasteiger partial charge in [-0.05, 0) is 48.9 Å². The second kappa shape index (κ2) is 9.65. The molecular weight excluding hydrogens is 430 g/mol. The van der Waals surface area contributed by atoms with E-state index in [0.29, 0.717) is 22.0 Å². The Morgan fingerprint density at radius 3 is 2.37 bits per heavy atom. The highest BCUT2D eigenvalue weighted by atomic mass is 35.5. The second-order valence-corrected chi connectivity index (χ2v) is 7.06. The molecule has 0 atom stereocenters. The Bertz CT molecular complexity index is 1070. The highest BCUT2D eigenvalue weighted by molar-refractivity contribution is 7.81. The van der Waals surface area contributed by atoms with Gasteiger partial charge in [0.15, 0.2) is 23.1 Å². The SMILES string of the molecule is Cc1c(Cl)cccc1NC(=S)/C(=C(\O)c1ccc(OC(F)F)cc1)[n+]1ccccc1. The smallest absolute Gasteiger partial charge is 0.387 e. The number of anilines is 1. The third kappa shape index (κ3) is 5.11. The molecule has 2 N–H and O–H groups in total. The fourth-order valence-corrected chi connectivity index (χ4v) is 3.24. The molecule has 4 nitrogen and oxygen atoms in total. The normalized spacial score (nSPS) is 11.8. The molecule has 0 unspecified atom stereocenters. The molecule has 0 aliphatic heterocycles. The summed E-state index contributed by atoms with van der Waals surface area (Å²) < 4.78 is 30.8. The zero-order chi connectivity index (χ0) is 21.7. The summed E-state index contributed by atoms with van der Waals surface area (Å²) in [5, 5.41) is 14.7. The van der Waals surface area contributed by atoms with Gasteiger partial charge in [0.2, 0.25) is 0 Å². The number of hydrogen-bond acceptors (Lipinski definition) is 3. The molecule has 8 heteroatoms. The molecule has 0 amide bonds. The molecule has 0 aliphatic carbocycles. The Hall–Kier alpha value is -3.03. The monoisotopic (exact) mass is 447 g/mol. The van der Waals surface area contributed by atoms with E-state index in [-0.39, 0.29) is 16.5 Å². The average molecular weight is 448 g/mol. The van der Waals surface area contributed by atoms with E-state index in [1.807, 2.05) is 19.1 Å². The number of nitrogens with zero attached hydrogens (tertiary/aromatic N) is 1. The molecule has 1 aromatic heterocycles. The summed E-state index contributed by atoms with van der Waals surface area (Å²) >= 11 is 11.8. The van der Waals surface area contributed by atoms with Crippen molar-refractivity contribution in [2.45, 2.75) is 13.5 Å². The van der Waals surface area contributed by atoms with E-state index < -0.39 is 6.61 Å². The van der Waals surface area contributed by atoms with Crippen molar-refractivity contribution in [3.8, 4) is 5.75 Å². The van der Waals surface area contributed by atoms with Crippen molar-refractivity contribution in [3.63, 3.8) is 0 Å². The lowest BCUT2D eigenvalue weighted by atomic mass is 10.1.